The van der Waals surface area contributed by atoms with Gasteiger partial charge >= 0.3 is 6.09 Å². The summed E-state index contributed by atoms with van der Waals surface area (Å²) in [4.78, 5) is 26.9. The summed E-state index contributed by atoms with van der Waals surface area (Å²) in [5.74, 6) is -0.0327. The molecule has 0 aliphatic carbocycles. The number of ether oxygens (including phenoxy) is 1. The molecule has 1 aliphatic rings. The first-order chi connectivity index (χ1) is 13.3. The van der Waals surface area contributed by atoms with Gasteiger partial charge in [0.2, 0.25) is 5.91 Å². The highest BCUT2D eigenvalue weighted by atomic mass is 16.6. The third-order valence-electron chi connectivity index (χ3n) is 5.06. The molecule has 1 fully saturated rings. The SMILES string of the molecule is CC.CC(C)(C)OC(=O)N[C@H]1CCN(C(C)(C)CC(C)(C)c2ccccc2)C1=O. The van der Waals surface area contributed by atoms with Crippen LogP contribution in [0, 0.1) is 0 Å². The Bertz CT molecular complexity index is 675. The molecule has 2 rings (SSSR count). The zero-order valence-corrected chi connectivity index (χ0v) is 19.8. The van der Waals surface area contributed by atoms with Crippen molar-refractivity contribution in [3.8, 4) is 0 Å². The van der Waals surface area contributed by atoms with Crippen molar-refractivity contribution in [3.05, 3.63) is 35.9 Å². The lowest BCUT2D eigenvalue weighted by molar-refractivity contribution is -0.134. The lowest BCUT2D eigenvalue weighted by Crippen LogP contribution is -2.51. The summed E-state index contributed by atoms with van der Waals surface area (Å²) in [7, 11) is 0. The van der Waals surface area contributed by atoms with Crippen molar-refractivity contribution in [1.82, 2.24) is 10.2 Å². The summed E-state index contributed by atoms with van der Waals surface area (Å²) >= 11 is 0. The van der Waals surface area contributed by atoms with E-state index in [2.05, 4.69) is 45.1 Å². The Morgan fingerprint density at radius 1 is 1.07 bits per heavy atom. The second-order valence-electron chi connectivity index (χ2n) is 9.72. The average Bonchev–Trinajstić information content (AvgIpc) is 2.96. The van der Waals surface area contributed by atoms with E-state index in [-0.39, 0.29) is 16.9 Å². The number of carbonyl (C=O) groups is 2. The third-order valence-corrected chi connectivity index (χ3v) is 5.06. The molecule has 5 heteroatoms. The summed E-state index contributed by atoms with van der Waals surface area (Å²) in [6.45, 7) is 18.7. The summed E-state index contributed by atoms with van der Waals surface area (Å²) in [6.07, 6.45) is 0.896. The Kier molecular flexibility index (Phi) is 8.31. The first kappa shape index (κ1) is 25.0. The van der Waals surface area contributed by atoms with Crippen LogP contribution < -0.4 is 5.32 Å². The monoisotopic (exact) mass is 404 g/mol. The summed E-state index contributed by atoms with van der Waals surface area (Å²) < 4.78 is 5.29. The lowest BCUT2D eigenvalue weighted by atomic mass is 9.74. The van der Waals surface area contributed by atoms with Crippen LogP contribution in [-0.4, -0.2) is 40.6 Å². The number of hydrogen-bond acceptors (Lipinski definition) is 3. The van der Waals surface area contributed by atoms with Gasteiger partial charge in [-0.15, -0.1) is 0 Å². The van der Waals surface area contributed by atoms with Gasteiger partial charge in [0.1, 0.15) is 11.6 Å². The zero-order chi connectivity index (χ0) is 22.5. The standard InChI is InChI=1S/C22H34N2O3.C2H6/c1-20(2,3)27-19(26)23-17-13-14-24(18(17)25)22(6,7)15-21(4,5)16-11-9-8-10-12-16;1-2/h8-12,17H,13-15H2,1-7H3,(H,23,26);1-2H3/t17-;/m0./s1. The molecule has 0 spiro atoms. The molecule has 1 atom stereocenters. The van der Waals surface area contributed by atoms with Gasteiger partial charge in [-0.2, -0.15) is 0 Å². The highest BCUT2D eigenvalue weighted by Crippen LogP contribution is 2.36. The zero-order valence-electron chi connectivity index (χ0n) is 19.8. The minimum absolute atomic E-state index is 0.0327. The maximum Gasteiger partial charge on any atom is 0.408 e. The van der Waals surface area contributed by atoms with E-state index in [1.165, 1.54) is 5.56 Å². The topological polar surface area (TPSA) is 58.6 Å². The number of amides is 2. The Hall–Kier alpha value is -2.04. The maximum atomic E-state index is 12.9. The van der Waals surface area contributed by atoms with Crippen LogP contribution in [0.5, 0.6) is 0 Å². The molecule has 5 nitrogen and oxygen atoms in total. The van der Waals surface area contributed by atoms with Crippen LogP contribution in [0.3, 0.4) is 0 Å². The van der Waals surface area contributed by atoms with E-state index >= 15 is 0 Å². The van der Waals surface area contributed by atoms with Crippen LogP contribution in [0.1, 0.15) is 80.7 Å². The number of nitrogens with one attached hydrogen (secondary N) is 1. The first-order valence-corrected chi connectivity index (χ1v) is 10.7. The smallest absolute Gasteiger partial charge is 0.408 e. The highest BCUT2D eigenvalue weighted by molar-refractivity contribution is 5.88. The molecular formula is C24H40N2O3. The fraction of sp³-hybridized carbons (Fsp3) is 0.667. The Morgan fingerprint density at radius 3 is 2.14 bits per heavy atom. The second kappa shape index (κ2) is 9.64. The molecule has 1 aromatic carbocycles. The normalized spacial score (nSPS) is 17.5. The highest BCUT2D eigenvalue weighted by Gasteiger charge is 2.43. The van der Waals surface area contributed by atoms with Gasteiger partial charge in [0.05, 0.1) is 0 Å². The quantitative estimate of drug-likeness (QED) is 0.726. The number of likely N-dealkylation sites (tertiary alicyclic amines) is 1. The molecule has 1 N–H and O–H groups in total. The van der Waals surface area contributed by atoms with Crippen molar-refractivity contribution in [2.24, 2.45) is 0 Å². The van der Waals surface area contributed by atoms with Gasteiger partial charge in [-0.1, -0.05) is 58.0 Å². The molecule has 1 aliphatic heterocycles. The van der Waals surface area contributed by atoms with Crippen molar-refractivity contribution in [1.29, 1.82) is 0 Å². The van der Waals surface area contributed by atoms with Gasteiger partial charge < -0.3 is 15.0 Å². The van der Waals surface area contributed by atoms with Crippen LogP contribution in [0.4, 0.5) is 4.79 Å². The van der Waals surface area contributed by atoms with Crippen LogP contribution >= 0.6 is 0 Å². The van der Waals surface area contributed by atoms with Crippen molar-refractivity contribution < 1.29 is 14.3 Å². The fourth-order valence-corrected chi connectivity index (χ4v) is 4.03. The Labute approximate surface area is 177 Å². The molecule has 0 bridgehead atoms. The second-order valence-corrected chi connectivity index (χ2v) is 9.72. The number of alkyl carbamates (subject to hydrolysis) is 1. The maximum absolute atomic E-state index is 12.9. The Balaban J connectivity index is 0.00000204. The van der Waals surface area contributed by atoms with Crippen molar-refractivity contribution >= 4 is 12.0 Å². The molecule has 29 heavy (non-hydrogen) atoms. The predicted octanol–water partition coefficient (Wildman–Crippen LogP) is 5.28. The van der Waals surface area contributed by atoms with Crippen LogP contribution in [-0.2, 0) is 14.9 Å². The van der Waals surface area contributed by atoms with E-state index in [1.807, 2.05) is 57.7 Å². The van der Waals surface area contributed by atoms with Crippen LogP contribution in [0.15, 0.2) is 30.3 Å². The molecule has 164 valence electrons. The molecule has 0 saturated carbocycles. The van der Waals surface area contributed by atoms with Gasteiger partial charge in [-0.3, -0.25) is 4.79 Å². The number of carbonyl (C=O) groups excluding carboxylic acids is 2. The van der Waals surface area contributed by atoms with Gasteiger partial charge in [-0.25, -0.2) is 4.79 Å². The number of benzene rings is 1. The van der Waals surface area contributed by atoms with Gasteiger partial charge in [0, 0.05) is 12.1 Å². The number of rotatable bonds is 5. The van der Waals surface area contributed by atoms with E-state index in [0.29, 0.717) is 13.0 Å². The predicted molar refractivity (Wildman–Crippen MR) is 119 cm³/mol. The van der Waals surface area contributed by atoms with Crippen LogP contribution in [0.25, 0.3) is 0 Å². The average molecular weight is 405 g/mol. The van der Waals surface area contributed by atoms with E-state index in [4.69, 9.17) is 4.74 Å². The van der Waals surface area contributed by atoms with Crippen molar-refractivity contribution in [2.45, 2.75) is 97.8 Å². The molecule has 1 saturated heterocycles. The summed E-state index contributed by atoms with van der Waals surface area (Å²) in [5.41, 5.74) is 0.292. The number of hydrogen-bond donors (Lipinski definition) is 1. The molecular weight excluding hydrogens is 364 g/mol. The van der Waals surface area contributed by atoms with E-state index in [0.717, 1.165) is 6.42 Å². The number of nitrogens with zero attached hydrogens (tertiary/aromatic N) is 1. The summed E-state index contributed by atoms with van der Waals surface area (Å²) in [6, 6.07) is 9.86. The molecule has 0 aromatic heterocycles. The minimum atomic E-state index is -0.579. The molecule has 1 aromatic rings. The van der Waals surface area contributed by atoms with E-state index in [1.54, 1.807) is 0 Å². The van der Waals surface area contributed by atoms with Gasteiger partial charge in [0.15, 0.2) is 0 Å². The summed E-state index contributed by atoms with van der Waals surface area (Å²) in [5, 5.41) is 2.73. The largest absolute Gasteiger partial charge is 0.444 e. The van der Waals surface area contributed by atoms with Crippen molar-refractivity contribution in [3.63, 3.8) is 0 Å². The van der Waals surface area contributed by atoms with Crippen LogP contribution in [0.2, 0.25) is 0 Å². The van der Waals surface area contributed by atoms with Crippen molar-refractivity contribution in [2.75, 3.05) is 6.54 Å². The minimum Gasteiger partial charge on any atom is -0.444 e. The molecule has 0 radical (unpaired) electrons. The Morgan fingerprint density at radius 2 is 1.62 bits per heavy atom. The van der Waals surface area contributed by atoms with E-state index < -0.39 is 17.7 Å². The molecule has 2 amide bonds. The first-order valence-electron chi connectivity index (χ1n) is 10.7. The molecule has 0 unspecified atom stereocenters. The fourth-order valence-electron chi connectivity index (χ4n) is 4.03. The van der Waals surface area contributed by atoms with Gasteiger partial charge in [-0.05, 0) is 58.4 Å². The lowest BCUT2D eigenvalue weighted by Gasteiger charge is -2.42. The van der Waals surface area contributed by atoms with E-state index in [9.17, 15) is 9.59 Å². The molecule has 1 heterocycles. The third kappa shape index (κ3) is 7.06. The van der Waals surface area contributed by atoms with Gasteiger partial charge in [0.25, 0.3) is 0 Å².